The maximum Gasteiger partial charge on any atom is 0.239 e. The lowest BCUT2D eigenvalue weighted by atomic mass is 10.2. The zero-order valence-electron chi connectivity index (χ0n) is 9.14. The number of carbonyl (C=O) groups is 1. The van der Waals surface area contributed by atoms with Crippen LogP contribution in [0.4, 0.5) is 0 Å². The molecule has 0 aliphatic carbocycles. The number of methoxy groups -OCH3 is 1. The third-order valence-electron chi connectivity index (χ3n) is 2.13. The fourth-order valence-corrected chi connectivity index (χ4v) is 1.19. The van der Waals surface area contributed by atoms with Gasteiger partial charge in [0.25, 0.3) is 0 Å². The summed E-state index contributed by atoms with van der Waals surface area (Å²) >= 11 is 0. The molecule has 5 heteroatoms. The molecule has 0 bridgehead atoms. The topological polar surface area (TPSA) is 84.6 Å². The Hall–Kier alpha value is -1.59. The largest absolute Gasteiger partial charge is 0.497 e. The van der Waals surface area contributed by atoms with Crippen molar-refractivity contribution < 1.29 is 14.6 Å². The highest BCUT2D eigenvalue weighted by Gasteiger charge is 2.10. The Morgan fingerprint density at radius 2 is 2.38 bits per heavy atom. The van der Waals surface area contributed by atoms with E-state index in [4.69, 9.17) is 15.6 Å². The monoisotopic (exact) mass is 224 g/mol. The molecule has 16 heavy (non-hydrogen) atoms. The Balaban J connectivity index is 2.51. The van der Waals surface area contributed by atoms with Crippen molar-refractivity contribution in [1.29, 1.82) is 0 Å². The highest BCUT2D eigenvalue weighted by Crippen LogP contribution is 2.11. The van der Waals surface area contributed by atoms with E-state index in [-0.39, 0.29) is 12.5 Å². The van der Waals surface area contributed by atoms with Crippen LogP contribution in [0.2, 0.25) is 0 Å². The second kappa shape index (κ2) is 6.09. The number of benzene rings is 1. The Bertz CT molecular complexity index is 355. The number of nitrogens with one attached hydrogen (secondary N) is 1. The average Bonchev–Trinajstić information content (AvgIpc) is 2.35. The van der Waals surface area contributed by atoms with Crippen molar-refractivity contribution in [2.75, 3.05) is 13.7 Å². The Morgan fingerprint density at radius 3 is 3.00 bits per heavy atom. The van der Waals surface area contributed by atoms with Gasteiger partial charge in [-0.05, 0) is 17.7 Å². The van der Waals surface area contributed by atoms with Gasteiger partial charge in [0.1, 0.15) is 11.8 Å². The van der Waals surface area contributed by atoms with Gasteiger partial charge in [-0.1, -0.05) is 12.1 Å². The molecule has 1 aromatic rings. The Kier molecular flexibility index (Phi) is 4.75. The molecule has 5 nitrogen and oxygen atoms in total. The summed E-state index contributed by atoms with van der Waals surface area (Å²) in [5, 5.41) is 11.3. The first-order chi connectivity index (χ1) is 7.67. The van der Waals surface area contributed by atoms with Gasteiger partial charge in [-0.25, -0.2) is 0 Å². The maximum absolute atomic E-state index is 11.3. The molecule has 0 saturated heterocycles. The van der Waals surface area contributed by atoms with Gasteiger partial charge >= 0.3 is 0 Å². The van der Waals surface area contributed by atoms with E-state index >= 15 is 0 Å². The summed E-state index contributed by atoms with van der Waals surface area (Å²) in [6.07, 6.45) is 0. The van der Waals surface area contributed by atoms with Crippen molar-refractivity contribution >= 4 is 5.91 Å². The molecule has 0 saturated carbocycles. The smallest absolute Gasteiger partial charge is 0.239 e. The van der Waals surface area contributed by atoms with Crippen LogP contribution in [0.3, 0.4) is 0 Å². The number of aliphatic hydroxyl groups is 1. The van der Waals surface area contributed by atoms with Gasteiger partial charge in [0.2, 0.25) is 5.91 Å². The average molecular weight is 224 g/mol. The minimum Gasteiger partial charge on any atom is -0.497 e. The number of amides is 1. The molecule has 1 rings (SSSR count). The number of nitrogens with two attached hydrogens (primary N) is 1. The molecule has 88 valence electrons. The molecule has 1 atom stereocenters. The van der Waals surface area contributed by atoms with Crippen LogP contribution in [-0.2, 0) is 11.3 Å². The summed E-state index contributed by atoms with van der Waals surface area (Å²) < 4.78 is 5.05. The lowest BCUT2D eigenvalue weighted by molar-refractivity contribution is -0.123. The molecule has 0 aliphatic rings. The van der Waals surface area contributed by atoms with Gasteiger partial charge in [0, 0.05) is 6.54 Å². The zero-order chi connectivity index (χ0) is 12.0. The van der Waals surface area contributed by atoms with Crippen molar-refractivity contribution in [2.45, 2.75) is 12.6 Å². The Morgan fingerprint density at radius 1 is 1.62 bits per heavy atom. The summed E-state index contributed by atoms with van der Waals surface area (Å²) in [7, 11) is 1.58. The van der Waals surface area contributed by atoms with E-state index in [1.165, 1.54) is 0 Å². The summed E-state index contributed by atoms with van der Waals surface area (Å²) in [5.74, 6) is 0.364. The van der Waals surface area contributed by atoms with Crippen LogP contribution >= 0.6 is 0 Å². The molecule has 0 spiro atoms. The van der Waals surface area contributed by atoms with Crippen LogP contribution in [0, 0.1) is 0 Å². The zero-order valence-corrected chi connectivity index (χ0v) is 9.14. The molecule has 0 fully saturated rings. The van der Waals surface area contributed by atoms with Crippen LogP contribution < -0.4 is 15.8 Å². The van der Waals surface area contributed by atoms with Crippen molar-refractivity contribution in [3.63, 3.8) is 0 Å². The molecule has 1 unspecified atom stereocenters. The predicted octanol–water partition coefficient (Wildman–Crippen LogP) is -0.369. The van der Waals surface area contributed by atoms with Gasteiger partial charge in [-0.2, -0.15) is 0 Å². The van der Waals surface area contributed by atoms with E-state index in [1.807, 2.05) is 24.3 Å². The standard InChI is InChI=1S/C11H16N2O3/c1-16-9-4-2-3-8(5-9)6-13-11(15)10(12)7-14/h2-5,10,14H,6-7,12H2,1H3,(H,13,15). The van der Waals surface area contributed by atoms with E-state index < -0.39 is 6.04 Å². The SMILES string of the molecule is COc1cccc(CNC(=O)C(N)CO)c1. The second-order valence-corrected chi connectivity index (χ2v) is 3.36. The molecular formula is C11H16N2O3. The van der Waals surface area contributed by atoms with Gasteiger partial charge in [-0.15, -0.1) is 0 Å². The molecule has 0 aliphatic heterocycles. The maximum atomic E-state index is 11.3. The predicted molar refractivity (Wildman–Crippen MR) is 59.9 cm³/mol. The highest BCUT2D eigenvalue weighted by atomic mass is 16.5. The lowest BCUT2D eigenvalue weighted by Crippen LogP contribution is -2.42. The lowest BCUT2D eigenvalue weighted by Gasteiger charge is -2.10. The van der Waals surface area contributed by atoms with Crippen LogP contribution in [0.15, 0.2) is 24.3 Å². The first-order valence-corrected chi connectivity index (χ1v) is 4.94. The van der Waals surface area contributed by atoms with Crippen molar-refractivity contribution in [1.82, 2.24) is 5.32 Å². The van der Waals surface area contributed by atoms with Gasteiger partial charge < -0.3 is 20.9 Å². The van der Waals surface area contributed by atoms with Crippen LogP contribution in [0.1, 0.15) is 5.56 Å². The molecule has 0 heterocycles. The molecule has 0 aromatic heterocycles. The summed E-state index contributed by atoms with van der Waals surface area (Å²) in [4.78, 5) is 11.3. The summed E-state index contributed by atoms with van der Waals surface area (Å²) in [5.41, 5.74) is 6.26. The van der Waals surface area contributed by atoms with E-state index in [1.54, 1.807) is 7.11 Å². The minimum absolute atomic E-state index is 0.357. The number of carbonyl (C=O) groups excluding carboxylic acids is 1. The third-order valence-corrected chi connectivity index (χ3v) is 2.13. The number of hydrogen-bond donors (Lipinski definition) is 3. The van der Waals surface area contributed by atoms with Crippen molar-refractivity contribution in [3.8, 4) is 5.75 Å². The van der Waals surface area contributed by atoms with Crippen LogP contribution in [-0.4, -0.2) is 30.8 Å². The van der Waals surface area contributed by atoms with Gasteiger partial charge in [-0.3, -0.25) is 4.79 Å². The highest BCUT2D eigenvalue weighted by molar-refractivity contribution is 5.81. The molecule has 1 amide bonds. The first kappa shape index (κ1) is 12.5. The summed E-state index contributed by atoms with van der Waals surface area (Å²) in [6.45, 7) is 0.00762. The second-order valence-electron chi connectivity index (χ2n) is 3.36. The van der Waals surface area contributed by atoms with Gasteiger partial charge in [0.15, 0.2) is 0 Å². The van der Waals surface area contributed by atoms with E-state index in [0.29, 0.717) is 6.54 Å². The van der Waals surface area contributed by atoms with Crippen LogP contribution in [0.5, 0.6) is 5.75 Å². The van der Waals surface area contributed by atoms with E-state index in [9.17, 15) is 4.79 Å². The van der Waals surface area contributed by atoms with E-state index in [0.717, 1.165) is 11.3 Å². The third kappa shape index (κ3) is 3.52. The van der Waals surface area contributed by atoms with E-state index in [2.05, 4.69) is 5.32 Å². The van der Waals surface area contributed by atoms with Crippen LogP contribution in [0.25, 0.3) is 0 Å². The first-order valence-electron chi connectivity index (χ1n) is 4.94. The number of rotatable bonds is 5. The molecule has 0 radical (unpaired) electrons. The quantitative estimate of drug-likeness (QED) is 0.637. The fourth-order valence-electron chi connectivity index (χ4n) is 1.19. The Labute approximate surface area is 94.2 Å². The fraction of sp³-hybridized carbons (Fsp3) is 0.364. The van der Waals surface area contributed by atoms with Crippen molar-refractivity contribution in [3.05, 3.63) is 29.8 Å². The number of ether oxygens (including phenoxy) is 1. The van der Waals surface area contributed by atoms with Gasteiger partial charge in [0.05, 0.1) is 13.7 Å². The molecule has 1 aromatic carbocycles. The molecule has 4 N–H and O–H groups in total. The minimum atomic E-state index is -0.870. The van der Waals surface area contributed by atoms with Crippen molar-refractivity contribution in [2.24, 2.45) is 5.73 Å². The summed E-state index contributed by atoms with van der Waals surface area (Å²) in [6, 6.07) is 6.49. The molecular weight excluding hydrogens is 208 g/mol. The normalized spacial score (nSPS) is 11.9. The number of hydrogen-bond acceptors (Lipinski definition) is 4. The number of aliphatic hydroxyl groups excluding tert-OH is 1.